The molecule has 2 heteroatoms. The zero-order chi connectivity index (χ0) is 15.1. The molecule has 1 nitrogen and oxygen atoms in total. The molecule has 1 atom stereocenters. The van der Waals surface area contributed by atoms with Gasteiger partial charge in [-0.05, 0) is 36.8 Å². The Hall–Kier alpha value is -2.06. The summed E-state index contributed by atoms with van der Waals surface area (Å²) in [6, 6.07) is 23.3. The zero-order valence-electron chi connectivity index (χ0n) is 12.2. The molecule has 0 radical (unpaired) electrons. The third kappa shape index (κ3) is 2.24. The first-order chi connectivity index (χ1) is 10.7. The van der Waals surface area contributed by atoms with Gasteiger partial charge in [-0.2, -0.15) is 0 Å². The van der Waals surface area contributed by atoms with E-state index in [1.165, 1.54) is 22.3 Å². The Morgan fingerprint density at radius 2 is 1.55 bits per heavy atom. The quantitative estimate of drug-likeness (QED) is 0.406. The van der Waals surface area contributed by atoms with Crippen molar-refractivity contribution < 1.29 is 4.74 Å². The molecular weight excluding hydrogens is 336 g/mol. The maximum absolute atomic E-state index is 6.09. The third-order valence-electron chi connectivity index (χ3n) is 4.14. The molecule has 0 aliphatic carbocycles. The van der Waals surface area contributed by atoms with Crippen LogP contribution in [-0.2, 0) is 0 Å². The second-order valence-electron chi connectivity index (χ2n) is 5.67. The molecule has 3 aromatic rings. The van der Waals surface area contributed by atoms with Crippen LogP contribution in [0, 0.1) is 6.92 Å². The van der Waals surface area contributed by atoms with Crippen LogP contribution in [0.15, 0.2) is 71.2 Å². The predicted octanol–water partition coefficient (Wildman–Crippen LogP) is 6.04. The lowest BCUT2D eigenvalue weighted by molar-refractivity contribution is 0.452. The Morgan fingerprint density at radius 1 is 0.818 bits per heavy atom. The fourth-order valence-corrected chi connectivity index (χ4v) is 3.43. The van der Waals surface area contributed by atoms with Crippen molar-refractivity contribution in [1.82, 2.24) is 0 Å². The number of ether oxygens (including phenoxy) is 1. The Kier molecular flexibility index (Phi) is 3.27. The van der Waals surface area contributed by atoms with Crippen LogP contribution in [0.5, 0.6) is 11.5 Å². The van der Waals surface area contributed by atoms with Crippen molar-refractivity contribution >= 4 is 15.9 Å². The summed E-state index contributed by atoms with van der Waals surface area (Å²) in [7, 11) is 0. The molecule has 4 rings (SSSR count). The average molecular weight is 351 g/mol. The van der Waals surface area contributed by atoms with Gasteiger partial charge in [0.05, 0.1) is 0 Å². The van der Waals surface area contributed by atoms with Gasteiger partial charge in [0.2, 0.25) is 0 Å². The number of hydrogen-bond acceptors (Lipinski definition) is 1. The van der Waals surface area contributed by atoms with Gasteiger partial charge in [-0.15, -0.1) is 0 Å². The number of fused-ring (bicyclic) bond motifs is 2. The van der Waals surface area contributed by atoms with E-state index in [0.29, 0.717) is 0 Å². The molecule has 3 aromatic carbocycles. The molecule has 1 unspecified atom stereocenters. The third-order valence-corrected chi connectivity index (χ3v) is 4.64. The number of aryl methyl sites for hydroxylation is 1. The monoisotopic (exact) mass is 350 g/mol. The highest BCUT2D eigenvalue weighted by Crippen LogP contribution is 2.47. The van der Waals surface area contributed by atoms with Crippen molar-refractivity contribution in [3.05, 3.63) is 93.5 Å². The number of rotatable bonds is 1. The van der Waals surface area contributed by atoms with E-state index in [2.05, 4.69) is 65.3 Å². The van der Waals surface area contributed by atoms with Crippen molar-refractivity contribution in [3.63, 3.8) is 0 Å². The molecule has 1 aliphatic heterocycles. The second kappa shape index (κ2) is 5.29. The molecule has 1 aliphatic rings. The van der Waals surface area contributed by atoms with Crippen LogP contribution in [0.2, 0.25) is 0 Å². The van der Waals surface area contributed by atoms with E-state index in [1.807, 2.05) is 24.3 Å². The highest BCUT2D eigenvalue weighted by atomic mass is 79.9. The predicted molar refractivity (Wildman–Crippen MR) is 92.8 cm³/mol. The summed E-state index contributed by atoms with van der Waals surface area (Å²) in [4.78, 5) is 0. The largest absolute Gasteiger partial charge is 0.457 e. The Bertz CT molecular complexity index is 837. The smallest absolute Gasteiger partial charge is 0.131 e. The lowest BCUT2D eigenvalue weighted by Crippen LogP contribution is -2.11. The first-order valence-corrected chi connectivity index (χ1v) is 8.14. The summed E-state index contributed by atoms with van der Waals surface area (Å²) in [5, 5.41) is 0. The van der Waals surface area contributed by atoms with Crippen molar-refractivity contribution in [2.75, 3.05) is 0 Å². The Morgan fingerprint density at radius 3 is 2.36 bits per heavy atom. The summed E-state index contributed by atoms with van der Waals surface area (Å²) in [5.41, 5.74) is 4.99. The van der Waals surface area contributed by atoms with E-state index in [1.54, 1.807) is 0 Å². The standard InChI is InChI=1S/C20H15BrO/c1-13-6-8-14(9-7-13)20-16-4-2-3-5-18(16)22-19-11-10-15(21)12-17(19)20/h2-12,20H,1H3. The minimum absolute atomic E-state index is 0.207. The fraction of sp³-hybridized carbons (Fsp3) is 0.100. The molecule has 0 fully saturated rings. The van der Waals surface area contributed by atoms with Crippen molar-refractivity contribution in [2.24, 2.45) is 0 Å². The summed E-state index contributed by atoms with van der Waals surface area (Å²) in [6.45, 7) is 2.12. The first-order valence-electron chi connectivity index (χ1n) is 7.35. The summed E-state index contributed by atoms with van der Waals surface area (Å²) < 4.78 is 7.16. The van der Waals surface area contributed by atoms with Gasteiger partial charge in [0, 0.05) is 21.5 Å². The minimum atomic E-state index is 0.207. The van der Waals surface area contributed by atoms with Crippen molar-refractivity contribution in [2.45, 2.75) is 12.8 Å². The van der Waals surface area contributed by atoms with E-state index in [4.69, 9.17) is 4.74 Å². The van der Waals surface area contributed by atoms with Gasteiger partial charge in [-0.3, -0.25) is 0 Å². The molecule has 22 heavy (non-hydrogen) atoms. The van der Waals surface area contributed by atoms with E-state index in [-0.39, 0.29) is 5.92 Å². The molecule has 0 saturated heterocycles. The molecule has 0 saturated carbocycles. The maximum atomic E-state index is 6.09. The van der Waals surface area contributed by atoms with E-state index in [0.717, 1.165) is 16.0 Å². The number of hydrogen-bond donors (Lipinski definition) is 0. The van der Waals surface area contributed by atoms with Crippen molar-refractivity contribution in [1.29, 1.82) is 0 Å². The highest BCUT2D eigenvalue weighted by molar-refractivity contribution is 9.10. The molecule has 0 bridgehead atoms. The van der Waals surface area contributed by atoms with Gasteiger partial charge in [-0.1, -0.05) is 64.0 Å². The van der Waals surface area contributed by atoms with Gasteiger partial charge in [-0.25, -0.2) is 0 Å². The first kappa shape index (κ1) is 13.6. The van der Waals surface area contributed by atoms with Crippen LogP contribution in [0.25, 0.3) is 0 Å². The van der Waals surface area contributed by atoms with Crippen LogP contribution in [0.4, 0.5) is 0 Å². The van der Waals surface area contributed by atoms with Crippen LogP contribution in [-0.4, -0.2) is 0 Å². The van der Waals surface area contributed by atoms with Crippen LogP contribution >= 0.6 is 15.9 Å². The molecular formula is C20H15BrO. The Labute approximate surface area is 138 Å². The van der Waals surface area contributed by atoms with Gasteiger partial charge < -0.3 is 4.74 Å². The van der Waals surface area contributed by atoms with Crippen LogP contribution in [0.1, 0.15) is 28.2 Å². The minimum Gasteiger partial charge on any atom is -0.457 e. The fourth-order valence-electron chi connectivity index (χ4n) is 3.05. The lowest BCUT2D eigenvalue weighted by Gasteiger charge is -2.29. The molecule has 0 N–H and O–H groups in total. The molecule has 0 amide bonds. The van der Waals surface area contributed by atoms with Gasteiger partial charge in [0.15, 0.2) is 0 Å². The van der Waals surface area contributed by atoms with Gasteiger partial charge in [0.1, 0.15) is 11.5 Å². The number of halogens is 1. The van der Waals surface area contributed by atoms with E-state index < -0.39 is 0 Å². The average Bonchev–Trinajstić information content (AvgIpc) is 2.54. The molecule has 0 aromatic heterocycles. The van der Waals surface area contributed by atoms with Gasteiger partial charge in [0.25, 0.3) is 0 Å². The number of para-hydroxylation sites is 1. The topological polar surface area (TPSA) is 9.23 Å². The zero-order valence-corrected chi connectivity index (χ0v) is 13.8. The number of benzene rings is 3. The maximum Gasteiger partial charge on any atom is 0.131 e. The SMILES string of the molecule is Cc1ccc(C2c3ccccc3Oc3ccc(Br)cc32)cc1. The van der Waals surface area contributed by atoms with Crippen molar-refractivity contribution in [3.8, 4) is 11.5 Å². The van der Waals surface area contributed by atoms with E-state index in [9.17, 15) is 0 Å². The van der Waals surface area contributed by atoms with Crippen LogP contribution < -0.4 is 4.74 Å². The summed E-state index contributed by atoms with van der Waals surface area (Å²) in [5.74, 6) is 2.09. The highest BCUT2D eigenvalue weighted by Gasteiger charge is 2.28. The van der Waals surface area contributed by atoms with Crippen LogP contribution in [0.3, 0.4) is 0 Å². The summed E-state index contributed by atoms with van der Waals surface area (Å²) in [6.07, 6.45) is 0. The Balaban J connectivity index is 1.96. The lowest BCUT2D eigenvalue weighted by atomic mass is 9.82. The molecule has 0 spiro atoms. The van der Waals surface area contributed by atoms with E-state index >= 15 is 0 Å². The molecule has 108 valence electrons. The molecule has 1 heterocycles. The normalized spacial score (nSPS) is 15.6. The van der Waals surface area contributed by atoms with Gasteiger partial charge >= 0.3 is 0 Å². The second-order valence-corrected chi connectivity index (χ2v) is 6.58. The summed E-state index contributed by atoms with van der Waals surface area (Å²) >= 11 is 3.59.